The van der Waals surface area contributed by atoms with Gasteiger partial charge < -0.3 is 69.3 Å². The predicted molar refractivity (Wildman–Crippen MR) is 224 cm³/mol. The lowest BCUT2D eigenvalue weighted by atomic mass is 9.92. The highest BCUT2D eigenvalue weighted by molar-refractivity contribution is 5.81. The molecular formula is C41H73N5O16. The Morgan fingerprint density at radius 3 is 1.06 bits per heavy atom. The fraction of sp³-hybridized carbons (Fsp3) is 0.805. The van der Waals surface area contributed by atoms with Crippen molar-refractivity contribution >= 4 is 46.9 Å². The van der Waals surface area contributed by atoms with E-state index in [1.165, 1.54) is 13.8 Å². The molecule has 0 fully saturated rings. The van der Waals surface area contributed by atoms with E-state index in [-0.39, 0.29) is 158 Å². The molecule has 21 heteroatoms. The normalized spacial score (nSPS) is 11.4. The van der Waals surface area contributed by atoms with Crippen LogP contribution in [0.4, 0.5) is 0 Å². The van der Waals surface area contributed by atoms with Gasteiger partial charge in [-0.1, -0.05) is 6.42 Å². The summed E-state index contributed by atoms with van der Waals surface area (Å²) in [5.74, 6) is -1.24. The van der Waals surface area contributed by atoms with Crippen LogP contribution in [0, 0.1) is 5.92 Å². The first kappa shape index (κ1) is 58.0. The molecule has 0 unspecified atom stereocenters. The van der Waals surface area contributed by atoms with E-state index in [1.807, 2.05) is 0 Å². The molecule has 0 aromatic heterocycles. The summed E-state index contributed by atoms with van der Waals surface area (Å²) in [7, 11) is 0. The van der Waals surface area contributed by atoms with Gasteiger partial charge in [-0.15, -0.1) is 0 Å². The molecule has 0 heterocycles. The second-order valence-corrected chi connectivity index (χ2v) is 14.0. The lowest BCUT2D eigenvalue weighted by molar-refractivity contribution is -0.127. The Hall–Kier alpha value is -3.96. The zero-order valence-corrected chi connectivity index (χ0v) is 37.1. The number of carbonyl (C=O) groups excluding carboxylic acids is 8. The molecule has 0 aliphatic heterocycles. The van der Waals surface area contributed by atoms with Crippen molar-refractivity contribution in [3.8, 4) is 0 Å². The molecule has 0 rings (SSSR count). The van der Waals surface area contributed by atoms with Crippen molar-refractivity contribution in [2.45, 2.75) is 72.1 Å². The predicted octanol–water partition coefficient (Wildman–Crippen LogP) is -0.796. The molecule has 358 valence electrons. The summed E-state index contributed by atoms with van der Waals surface area (Å²) in [5.41, 5.74) is 0. The SMILES string of the molecule is CC(=O)CC[C@@H](CCCCNC(=O)COCCOCCNC(=O)COCCOCCNC(=O)CCCC(=O)NCCOCCOCC(=O)NCCOCCOCC(C)=O)C(C)=O. The van der Waals surface area contributed by atoms with Crippen LogP contribution in [0.25, 0.3) is 0 Å². The third-order valence-corrected chi connectivity index (χ3v) is 8.30. The van der Waals surface area contributed by atoms with Gasteiger partial charge in [-0.3, -0.25) is 33.6 Å². The number of nitrogens with one attached hydrogen (secondary N) is 5. The fourth-order valence-corrected chi connectivity index (χ4v) is 5.05. The first-order valence-corrected chi connectivity index (χ1v) is 21.3. The lowest BCUT2D eigenvalue weighted by Gasteiger charge is -2.13. The summed E-state index contributed by atoms with van der Waals surface area (Å²) in [5, 5.41) is 13.5. The summed E-state index contributed by atoms with van der Waals surface area (Å²) in [6, 6.07) is 0. The number of hydrogen-bond donors (Lipinski definition) is 5. The average Bonchev–Trinajstić information content (AvgIpc) is 3.22. The highest BCUT2D eigenvalue weighted by atomic mass is 16.5. The highest BCUT2D eigenvalue weighted by Crippen LogP contribution is 2.16. The Kier molecular flexibility index (Phi) is 39.6. The number of carbonyl (C=O) groups is 8. The molecule has 0 radical (unpaired) electrons. The van der Waals surface area contributed by atoms with Gasteiger partial charge >= 0.3 is 0 Å². The maximum absolute atomic E-state index is 12.0. The number of ketones is 3. The largest absolute Gasteiger partial charge is 0.377 e. The third kappa shape index (κ3) is 42.7. The summed E-state index contributed by atoms with van der Waals surface area (Å²) in [4.78, 5) is 93.1. The Morgan fingerprint density at radius 2 is 0.694 bits per heavy atom. The van der Waals surface area contributed by atoms with Crippen LogP contribution in [0.5, 0.6) is 0 Å². The average molecular weight is 892 g/mol. The fourth-order valence-electron chi connectivity index (χ4n) is 5.05. The van der Waals surface area contributed by atoms with Gasteiger partial charge in [0, 0.05) is 57.9 Å². The van der Waals surface area contributed by atoms with Crippen LogP contribution >= 0.6 is 0 Å². The Balaban J connectivity index is 3.49. The summed E-state index contributed by atoms with van der Waals surface area (Å²) in [6.45, 7) is 9.00. The zero-order chi connectivity index (χ0) is 45.9. The van der Waals surface area contributed by atoms with Crippen LogP contribution < -0.4 is 26.6 Å². The Bertz CT molecular complexity index is 1260. The van der Waals surface area contributed by atoms with E-state index in [4.69, 9.17) is 37.9 Å². The molecule has 0 aromatic carbocycles. The minimum Gasteiger partial charge on any atom is -0.377 e. The quantitative estimate of drug-likeness (QED) is 0.0469. The van der Waals surface area contributed by atoms with E-state index in [2.05, 4.69) is 26.6 Å². The van der Waals surface area contributed by atoms with Crippen LogP contribution in [0.1, 0.15) is 72.1 Å². The number of rotatable bonds is 45. The summed E-state index contributed by atoms with van der Waals surface area (Å²) in [6.07, 6.45) is 3.95. The van der Waals surface area contributed by atoms with Gasteiger partial charge in [0.1, 0.15) is 38.0 Å². The summed E-state index contributed by atoms with van der Waals surface area (Å²) < 4.78 is 42.3. The van der Waals surface area contributed by atoms with Crippen LogP contribution in [0.3, 0.4) is 0 Å². The first-order valence-electron chi connectivity index (χ1n) is 21.3. The summed E-state index contributed by atoms with van der Waals surface area (Å²) >= 11 is 0. The molecule has 0 saturated heterocycles. The molecule has 0 aliphatic carbocycles. The van der Waals surface area contributed by atoms with Gasteiger partial charge in [-0.05, 0) is 46.5 Å². The molecule has 0 aliphatic rings. The van der Waals surface area contributed by atoms with Gasteiger partial charge in [0.25, 0.3) is 0 Å². The van der Waals surface area contributed by atoms with Crippen LogP contribution in [-0.4, -0.2) is 185 Å². The molecule has 0 saturated carbocycles. The van der Waals surface area contributed by atoms with E-state index in [0.29, 0.717) is 71.7 Å². The van der Waals surface area contributed by atoms with Crippen molar-refractivity contribution in [3.63, 3.8) is 0 Å². The minimum atomic E-state index is -0.309. The molecule has 62 heavy (non-hydrogen) atoms. The second kappa shape index (κ2) is 42.3. The smallest absolute Gasteiger partial charge is 0.246 e. The number of unbranched alkanes of at least 4 members (excludes halogenated alkanes) is 1. The molecule has 1 atom stereocenters. The van der Waals surface area contributed by atoms with Crippen LogP contribution in [0.15, 0.2) is 0 Å². The van der Waals surface area contributed by atoms with E-state index < -0.39 is 0 Å². The maximum atomic E-state index is 12.0. The number of hydrogen-bond acceptors (Lipinski definition) is 16. The van der Waals surface area contributed by atoms with E-state index in [1.54, 1.807) is 6.92 Å². The molecule has 21 nitrogen and oxygen atoms in total. The maximum Gasteiger partial charge on any atom is 0.246 e. The molecule has 5 amide bonds. The van der Waals surface area contributed by atoms with Gasteiger partial charge in [-0.25, -0.2) is 0 Å². The second-order valence-electron chi connectivity index (χ2n) is 14.0. The Morgan fingerprint density at radius 1 is 0.339 bits per heavy atom. The van der Waals surface area contributed by atoms with Crippen molar-refractivity contribution in [2.75, 3.05) is 138 Å². The minimum absolute atomic E-state index is 0.0547. The van der Waals surface area contributed by atoms with Crippen molar-refractivity contribution in [3.05, 3.63) is 0 Å². The van der Waals surface area contributed by atoms with Crippen LogP contribution in [0.2, 0.25) is 0 Å². The van der Waals surface area contributed by atoms with Gasteiger partial charge in [-0.2, -0.15) is 0 Å². The third-order valence-electron chi connectivity index (χ3n) is 8.30. The van der Waals surface area contributed by atoms with Crippen molar-refractivity contribution in [2.24, 2.45) is 5.92 Å². The standard InChI is InChI=1S/C41H73N5O16/c1-33(47)10-11-36(35(3)49)7-4-5-12-42-39(52)30-60-26-24-58-20-16-46-41(54)32-62-28-23-56-18-14-44-38(51)9-6-8-37(50)43-13-17-55-22-27-61-31-40(53)45-15-19-57-21-25-59-29-34(2)48/h36H,4-32H2,1-3H3,(H,42,52)(H,43,50)(H,44,51)(H,45,53)(H,46,54)/t36-/m1/s1. The molecule has 0 spiro atoms. The highest BCUT2D eigenvalue weighted by Gasteiger charge is 2.15. The molecule has 0 bridgehead atoms. The molecule has 5 N–H and O–H groups in total. The van der Waals surface area contributed by atoms with Gasteiger partial charge in [0.05, 0.1) is 79.3 Å². The first-order chi connectivity index (χ1) is 29.9. The number of ether oxygens (including phenoxy) is 8. The van der Waals surface area contributed by atoms with Crippen molar-refractivity contribution in [1.82, 2.24) is 26.6 Å². The number of Topliss-reactive ketones (excluding diaryl/α,β-unsaturated/α-hetero) is 3. The van der Waals surface area contributed by atoms with Crippen molar-refractivity contribution in [1.29, 1.82) is 0 Å². The van der Waals surface area contributed by atoms with E-state index in [0.717, 1.165) is 12.8 Å². The van der Waals surface area contributed by atoms with Crippen molar-refractivity contribution < 1.29 is 76.3 Å². The molecule has 0 aromatic rings. The zero-order valence-electron chi connectivity index (χ0n) is 37.1. The van der Waals surface area contributed by atoms with E-state index in [9.17, 15) is 38.4 Å². The Labute approximate surface area is 365 Å². The van der Waals surface area contributed by atoms with E-state index >= 15 is 0 Å². The topological polar surface area (TPSA) is 271 Å². The van der Waals surface area contributed by atoms with Gasteiger partial charge in [0.15, 0.2) is 5.78 Å². The molecular weight excluding hydrogens is 818 g/mol. The lowest BCUT2D eigenvalue weighted by Crippen LogP contribution is -2.32. The number of amides is 5. The van der Waals surface area contributed by atoms with Crippen LogP contribution in [-0.2, 0) is 76.3 Å². The monoisotopic (exact) mass is 892 g/mol. The van der Waals surface area contributed by atoms with Gasteiger partial charge in [0.2, 0.25) is 29.5 Å².